The number of piperidine rings is 1. The molecule has 0 amide bonds. The molecule has 1 fully saturated rings. The summed E-state index contributed by atoms with van der Waals surface area (Å²) in [4.78, 5) is 52.5. The summed E-state index contributed by atoms with van der Waals surface area (Å²) in [5.41, 5.74) is 0. The number of ether oxygens (including phenoxy) is 7. The molecule has 0 aromatic heterocycles. The number of esters is 3. The molecule has 0 saturated carbocycles. The lowest BCUT2D eigenvalue weighted by Gasteiger charge is -2.31. The highest BCUT2D eigenvalue weighted by molar-refractivity contribution is 5.71. The second kappa shape index (κ2) is 38.9. The summed E-state index contributed by atoms with van der Waals surface area (Å²) in [6.07, 6.45) is 27.2. The number of unbranched alkanes of at least 4 members (excludes halogenated alkanes) is 7. The highest BCUT2D eigenvalue weighted by Gasteiger charge is 2.23. The normalized spacial score (nSPS) is 15.3. The molecule has 0 aliphatic carbocycles. The van der Waals surface area contributed by atoms with Crippen LogP contribution in [0, 0.1) is 11.8 Å². The Labute approximate surface area is 357 Å². The standard InChI is InChI=1S/C47H81NO11/c1-5-9-12-15-18-23-33-53-43(49)28-21-22-29-44(50)56-38-42(40-59-47(52)58-37-41-27-26-32-48(8-4)36-41)39-57-45(51)30-31-46(54-34-24-19-16-13-10-6-2)55-35-25-20-17-14-11-7-3/h10-11,13-15,18,41-42,46H,5-9,12,16-17,19-40H2,1-4H3/b13-10-,14-11-,18-15-. The summed E-state index contributed by atoms with van der Waals surface area (Å²) in [5, 5.41) is 0. The van der Waals surface area contributed by atoms with Gasteiger partial charge in [0.05, 0.1) is 25.6 Å². The van der Waals surface area contributed by atoms with Crippen molar-refractivity contribution in [1.82, 2.24) is 4.90 Å². The fourth-order valence-electron chi connectivity index (χ4n) is 6.29. The quantitative estimate of drug-likeness (QED) is 0.0194. The summed E-state index contributed by atoms with van der Waals surface area (Å²) in [5.74, 6) is -1.54. The van der Waals surface area contributed by atoms with Gasteiger partial charge >= 0.3 is 24.1 Å². The van der Waals surface area contributed by atoms with Crippen LogP contribution in [0.1, 0.15) is 156 Å². The van der Waals surface area contributed by atoms with Gasteiger partial charge in [-0.05, 0) is 103 Å². The average Bonchev–Trinajstić information content (AvgIpc) is 3.24. The first-order valence-electron chi connectivity index (χ1n) is 23.0. The van der Waals surface area contributed by atoms with Crippen LogP contribution in [0.2, 0.25) is 0 Å². The highest BCUT2D eigenvalue weighted by Crippen LogP contribution is 2.17. The van der Waals surface area contributed by atoms with E-state index in [1.54, 1.807) is 0 Å². The van der Waals surface area contributed by atoms with Crippen molar-refractivity contribution in [1.29, 1.82) is 0 Å². The smallest absolute Gasteiger partial charge is 0.465 e. The zero-order chi connectivity index (χ0) is 43.0. The Morgan fingerprint density at radius 3 is 1.76 bits per heavy atom. The first kappa shape index (κ1) is 53.8. The van der Waals surface area contributed by atoms with E-state index in [1.165, 1.54) is 0 Å². The number of allylic oxidation sites excluding steroid dienone is 5. The Hall–Kier alpha value is -3.22. The maximum absolute atomic E-state index is 12.9. The van der Waals surface area contributed by atoms with E-state index >= 15 is 0 Å². The summed E-state index contributed by atoms with van der Waals surface area (Å²) in [6.45, 7) is 12.7. The van der Waals surface area contributed by atoms with Gasteiger partial charge in [0.2, 0.25) is 0 Å². The van der Waals surface area contributed by atoms with E-state index in [9.17, 15) is 19.2 Å². The zero-order valence-electron chi connectivity index (χ0n) is 37.3. The molecule has 1 aliphatic rings. The number of carbonyl (C=O) groups is 4. The van der Waals surface area contributed by atoms with Crippen molar-refractivity contribution >= 4 is 24.1 Å². The van der Waals surface area contributed by atoms with Crippen molar-refractivity contribution in [2.24, 2.45) is 11.8 Å². The Bertz CT molecular complexity index is 1130. The number of likely N-dealkylation sites (tertiary alicyclic amines) is 1. The minimum atomic E-state index is -0.805. The van der Waals surface area contributed by atoms with Gasteiger partial charge in [-0.15, -0.1) is 0 Å². The van der Waals surface area contributed by atoms with E-state index in [-0.39, 0.29) is 57.6 Å². The predicted octanol–water partition coefficient (Wildman–Crippen LogP) is 10.2. The molecule has 0 spiro atoms. The van der Waals surface area contributed by atoms with Crippen LogP contribution >= 0.6 is 0 Å². The monoisotopic (exact) mass is 836 g/mol. The summed E-state index contributed by atoms with van der Waals surface area (Å²) in [6, 6.07) is 0. The summed E-state index contributed by atoms with van der Waals surface area (Å²) < 4.78 is 39.3. The van der Waals surface area contributed by atoms with Gasteiger partial charge < -0.3 is 38.1 Å². The Kier molecular flexibility index (Phi) is 35.5. The van der Waals surface area contributed by atoms with Gasteiger partial charge in [-0.2, -0.15) is 0 Å². The average molecular weight is 836 g/mol. The van der Waals surface area contributed by atoms with Gasteiger partial charge in [0, 0.05) is 44.9 Å². The molecule has 0 aromatic carbocycles. The van der Waals surface area contributed by atoms with Crippen LogP contribution in [0.3, 0.4) is 0 Å². The lowest BCUT2D eigenvalue weighted by Crippen LogP contribution is -2.37. The minimum absolute atomic E-state index is 0.0762. The predicted molar refractivity (Wildman–Crippen MR) is 232 cm³/mol. The van der Waals surface area contributed by atoms with Crippen molar-refractivity contribution in [3.05, 3.63) is 36.5 Å². The van der Waals surface area contributed by atoms with E-state index in [0.717, 1.165) is 103 Å². The third-order valence-corrected chi connectivity index (χ3v) is 9.86. The van der Waals surface area contributed by atoms with E-state index in [1.807, 2.05) is 6.08 Å². The van der Waals surface area contributed by atoms with Crippen LogP contribution in [-0.2, 0) is 47.5 Å². The zero-order valence-corrected chi connectivity index (χ0v) is 37.3. The number of hydrogen-bond acceptors (Lipinski definition) is 12. The maximum Gasteiger partial charge on any atom is 0.508 e. The highest BCUT2D eigenvalue weighted by atomic mass is 16.7. The molecule has 12 heteroatoms. The lowest BCUT2D eigenvalue weighted by molar-refractivity contribution is -0.161. The molecular weight excluding hydrogens is 755 g/mol. The molecule has 1 aliphatic heterocycles. The third kappa shape index (κ3) is 33.2. The molecule has 0 radical (unpaired) electrons. The lowest BCUT2D eigenvalue weighted by atomic mass is 9.99. The first-order chi connectivity index (χ1) is 28.8. The van der Waals surface area contributed by atoms with Gasteiger partial charge in [-0.25, -0.2) is 4.79 Å². The van der Waals surface area contributed by atoms with Crippen LogP contribution in [0.25, 0.3) is 0 Å². The van der Waals surface area contributed by atoms with Crippen molar-refractivity contribution in [3.8, 4) is 0 Å². The topological polar surface area (TPSA) is 136 Å². The minimum Gasteiger partial charge on any atom is -0.465 e. The van der Waals surface area contributed by atoms with Gasteiger partial charge in [-0.3, -0.25) is 14.4 Å². The number of carbonyl (C=O) groups excluding carboxylic acids is 4. The number of rotatable bonds is 37. The fourth-order valence-corrected chi connectivity index (χ4v) is 6.29. The van der Waals surface area contributed by atoms with Crippen LogP contribution < -0.4 is 0 Å². The molecule has 1 saturated heterocycles. The largest absolute Gasteiger partial charge is 0.508 e. The number of nitrogens with zero attached hydrogens (tertiary/aromatic N) is 1. The van der Waals surface area contributed by atoms with E-state index in [0.29, 0.717) is 45.5 Å². The fraction of sp³-hybridized carbons (Fsp3) is 0.787. The van der Waals surface area contributed by atoms with Crippen molar-refractivity contribution in [2.75, 3.05) is 65.9 Å². The molecule has 340 valence electrons. The molecule has 0 bridgehead atoms. The Morgan fingerprint density at radius 1 is 0.593 bits per heavy atom. The third-order valence-electron chi connectivity index (χ3n) is 9.86. The molecule has 0 N–H and O–H groups in total. The maximum atomic E-state index is 12.9. The Balaban J connectivity index is 2.62. The van der Waals surface area contributed by atoms with Crippen molar-refractivity contribution in [3.63, 3.8) is 0 Å². The second-order valence-corrected chi connectivity index (χ2v) is 15.3. The molecule has 59 heavy (non-hydrogen) atoms. The number of hydrogen-bond donors (Lipinski definition) is 0. The van der Waals surface area contributed by atoms with Gasteiger partial charge in [0.25, 0.3) is 0 Å². The SMILES string of the molecule is CC/C=C\CCCCOC(CCC(=O)OCC(COC(=O)CCCCC(=O)OCC/C=C\CCCC)COC(=O)OCC1CCCN(CC)C1)OCCCC/C=C\CC. The molecular formula is C47H81NO11. The molecule has 12 nitrogen and oxygen atoms in total. The van der Waals surface area contributed by atoms with E-state index in [2.05, 4.69) is 63.0 Å². The molecule has 1 heterocycles. The van der Waals surface area contributed by atoms with Crippen molar-refractivity contribution in [2.45, 2.75) is 162 Å². The summed E-state index contributed by atoms with van der Waals surface area (Å²) >= 11 is 0. The van der Waals surface area contributed by atoms with Crippen LogP contribution in [0.4, 0.5) is 4.79 Å². The molecule has 2 unspecified atom stereocenters. The Morgan fingerprint density at radius 2 is 1.15 bits per heavy atom. The van der Waals surface area contributed by atoms with Crippen LogP contribution in [0.5, 0.6) is 0 Å². The molecule has 0 aromatic rings. The van der Waals surface area contributed by atoms with Crippen LogP contribution in [-0.4, -0.2) is 101 Å². The van der Waals surface area contributed by atoms with Gasteiger partial charge in [-0.1, -0.05) is 77.0 Å². The summed E-state index contributed by atoms with van der Waals surface area (Å²) in [7, 11) is 0. The molecule has 1 rings (SSSR count). The second-order valence-electron chi connectivity index (χ2n) is 15.3. The first-order valence-corrected chi connectivity index (χ1v) is 23.0. The van der Waals surface area contributed by atoms with E-state index in [4.69, 9.17) is 33.2 Å². The van der Waals surface area contributed by atoms with Gasteiger partial charge in [0.1, 0.15) is 19.8 Å². The van der Waals surface area contributed by atoms with Crippen molar-refractivity contribution < 1.29 is 52.3 Å². The van der Waals surface area contributed by atoms with Gasteiger partial charge in [0.15, 0.2) is 6.29 Å². The molecule has 2 atom stereocenters. The van der Waals surface area contributed by atoms with Crippen LogP contribution in [0.15, 0.2) is 36.5 Å². The van der Waals surface area contributed by atoms with E-state index < -0.39 is 30.3 Å².